The van der Waals surface area contributed by atoms with Crippen LogP contribution in [0.3, 0.4) is 0 Å². The molecule has 0 aliphatic heterocycles. The maximum Gasteiger partial charge on any atom is 0.273 e. The first-order valence-corrected chi connectivity index (χ1v) is 7.77. The summed E-state index contributed by atoms with van der Waals surface area (Å²) in [7, 11) is -3.92. The van der Waals surface area contributed by atoms with Gasteiger partial charge < -0.3 is 0 Å². The van der Waals surface area contributed by atoms with Gasteiger partial charge in [0.15, 0.2) is 0 Å². The molecule has 2 aromatic rings. The van der Waals surface area contributed by atoms with Crippen molar-refractivity contribution in [3.05, 3.63) is 69.5 Å². The Kier molecular flexibility index (Phi) is 4.53. The Hall–Kier alpha value is -2.32. The molecule has 0 heterocycles. The van der Waals surface area contributed by atoms with Gasteiger partial charge in [-0.1, -0.05) is 18.2 Å². The lowest BCUT2D eigenvalue weighted by atomic mass is 10.2. The van der Waals surface area contributed by atoms with Gasteiger partial charge in [0.2, 0.25) is 10.0 Å². The molecule has 0 aliphatic carbocycles. The number of nitro benzene ring substituents is 1. The number of aryl methyl sites for hydroxylation is 1. The highest BCUT2D eigenvalue weighted by atomic mass is 32.2. The fraction of sp³-hybridized carbons (Fsp3) is 0.143. The highest BCUT2D eigenvalue weighted by molar-refractivity contribution is 7.89. The van der Waals surface area contributed by atoms with Crippen LogP contribution < -0.4 is 4.72 Å². The first-order valence-electron chi connectivity index (χ1n) is 6.29. The van der Waals surface area contributed by atoms with Crippen molar-refractivity contribution >= 4 is 15.7 Å². The van der Waals surface area contributed by atoms with Crippen LogP contribution >= 0.6 is 0 Å². The molecule has 1 N–H and O–H groups in total. The van der Waals surface area contributed by atoms with Crippen LogP contribution in [-0.4, -0.2) is 13.3 Å². The molecule has 0 fully saturated rings. The summed E-state index contributed by atoms with van der Waals surface area (Å²) >= 11 is 0. The van der Waals surface area contributed by atoms with Crippen LogP contribution in [0.5, 0.6) is 0 Å². The number of nitro groups is 1. The summed E-state index contributed by atoms with van der Waals surface area (Å²) in [5.41, 5.74) is 0.549. The van der Waals surface area contributed by atoms with Crippen LogP contribution in [0.15, 0.2) is 47.4 Å². The zero-order valence-corrected chi connectivity index (χ0v) is 12.4. The Bertz CT molecular complexity index is 821. The number of halogens is 1. The molecule has 2 aromatic carbocycles. The maximum absolute atomic E-state index is 13.0. The molecule has 116 valence electrons. The minimum Gasteiger partial charge on any atom is -0.258 e. The van der Waals surface area contributed by atoms with Crippen LogP contribution in [0.2, 0.25) is 0 Å². The van der Waals surface area contributed by atoms with Gasteiger partial charge in [-0.25, -0.2) is 17.5 Å². The monoisotopic (exact) mass is 324 g/mol. The van der Waals surface area contributed by atoms with Crippen molar-refractivity contribution in [2.45, 2.75) is 18.4 Å². The second-order valence-electron chi connectivity index (χ2n) is 4.66. The van der Waals surface area contributed by atoms with E-state index in [4.69, 9.17) is 0 Å². The SMILES string of the molecule is Cc1ccc(S(=O)(=O)NCc2cccc(F)c2)cc1[N+](=O)[O-]. The van der Waals surface area contributed by atoms with E-state index in [0.717, 1.165) is 6.07 Å². The summed E-state index contributed by atoms with van der Waals surface area (Å²) < 4.78 is 39.6. The first kappa shape index (κ1) is 16.1. The number of hydrogen-bond acceptors (Lipinski definition) is 4. The van der Waals surface area contributed by atoms with Gasteiger partial charge in [0.25, 0.3) is 5.69 Å². The number of sulfonamides is 1. The molecule has 0 saturated carbocycles. The van der Waals surface area contributed by atoms with E-state index in [0.29, 0.717) is 11.1 Å². The highest BCUT2D eigenvalue weighted by Gasteiger charge is 2.19. The summed E-state index contributed by atoms with van der Waals surface area (Å²) in [6.45, 7) is 1.41. The van der Waals surface area contributed by atoms with Crippen LogP contribution in [-0.2, 0) is 16.6 Å². The van der Waals surface area contributed by atoms with Crippen molar-refractivity contribution in [2.75, 3.05) is 0 Å². The van der Waals surface area contributed by atoms with Crippen molar-refractivity contribution < 1.29 is 17.7 Å². The Morgan fingerprint density at radius 2 is 1.95 bits per heavy atom. The van der Waals surface area contributed by atoms with Gasteiger partial charge >= 0.3 is 0 Å². The lowest BCUT2D eigenvalue weighted by molar-refractivity contribution is -0.385. The van der Waals surface area contributed by atoms with Gasteiger partial charge in [0, 0.05) is 18.2 Å². The Labute approximate surface area is 126 Å². The average Bonchev–Trinajstić information content (AvgIpc) is 2.45. The van der Waals surface area contributed by atoms with E-state index >= 15 is 0 Å². The summed E-state index contributed by atoms with van der Waals surface area (Å²) in [6, 6.07) is 9.16. The minimum atomic E-state index is -3.92. The summed E-state index contributed by atoms with van der Waals surface area (Å²) in [5.74, 6) is -0.470. The van der Waals surface area contributed by atoms with Crippen LogP contribution in [0.25, 0.3) is 0 Å². The van der Waals surface area contributed by atoms with Gasteiger partial charge in [-0.05, 0) is 30.7 Å². The minimum absolute atomic E-state index is 0.109. The lowest BCUT2D eigenvalue weighted by Gasteiger charge is -2.07. The number of rotatable bonds is 5. The van der Waals surface area contributed by atoms with E-state index in [-0.39, 0.29) is 17.1 Å². The average molecular weight is 324 g/mol. The molecule has 0 unspecified atom stereocenters. The second kappa shape index (κ2) is 6.20. The standard InChI is InChI=1S/C14H13FN2O4S/c1-10-5-6-13(8-14(10)17(18)19)22(20,21)16-9-11-3-2-4-12(15)7-11/h2-8,16H,9H2,1H3. The lowest BCUT2D eigenvalue weighted by Crippen LogP contribution is -2.23. The Morgan fingerprint density at radius 3 is 2.59 bits per heavy atom. The predicted octanol–water partition coefficient (Wildman–Crippen LogP) is 2.52. The van der Waals surface area contributed by atoms with E-state index in [1.165, 1.54) is 37.3 Å². The van der Waals surface area contributed by atoms with E-state index in [1.54, 1.807) is 6.07 Å². The predicted molar refractivity (Wildman–Crippen MR) is 78.3 cm³/mol. The highest BCUT2D eigenvalue weighted by Crippen LogP contribution is 2.22. The second-order valence-corrected chi connectivity index (χ2v) is 6.43. The number of nitrogens with zero attached hydrogens (tertiary/aromatic N) is 1. The van der Waals surface area contributed by atoms with Crippen molar-refractivity contribution in [2.24, 2.45) is 0 Å². The fourth-order valence-corrected chi connectivity index (χ4v) is 2.90. The molecule has 22 heavy (non-hydrogen) atoms. The molecule has 0 spiro atoms. The summed E-state index contributed by atoms with van der Waals surface area (Å²) in [5, 5.41) is 10.9. The molecule has 0 atom stereocenters. The third-order valence-corrected chi connectivity index (χ3v) is 4.44. The van der Waals surface area contributed by atoms with Gasteiger partial charge in [-0.3, -0.25) is 10.1 Å². The normalized spacial score (nSPS) is 11.4. The van der Waals surface area contributed by atoms with Crippen molar-refractivity contribution in [1.82, 2.24) is 4.72 Å². The molecule has 0 saturated heterocycles. The fourth-order valence-electron chi connectivity index (χ4n) is 1.86. The molecule has 0 radical (unpaired) electrons. The number of benzene rings is 2. The third-order valence-electron chi connectivity index (χ3n) is 3.04. The molecule has 0 aromatic heterocycles. The van der Waals surface area contributed by atoms with E-state index < -0.39 is 20.8 Å². The van der Waals surface area contributed by atoms with Gasteiger partial charge in [0.1, 0.15) is 5.82 Å². The van der Waals surface area contributed by atoms with E-state index in [2.05, 4.69) is 4.72 Å². The van der Waals surface area contributed by atoms with Crippen molar-refractivity contribution in [3.8, 4) is 0 Å². The largest absolute Gasteiger partial charge is 0.273 e. The molecule has 0 bridgehead atoms. The first-order chi connectivity index (χ1) is 10.3. The molecule has 2 rings (SSSR count). The van der Waals surface area contributed by atoms with Crippen LogP contribution in [0.4, 0.5) is 10.1 Å². The van der Waals surface area contributed by atoms with Crippen LogP contribution in [0.1, 0.15) is 11.1 Å². The quantitative estimate of drug-likeness (QED) is 0.676. The third kappa shape index (κ3) is 3.66. The Morgan fingerprint density at radius 1 is 1.23 bits per heavy atom. The molecule has 0 aliphatic rings. The van der Waals surface area contributed by atoms with E-state index in [1.807, 2.05) is 0 Å². The van der Waals surface area contributed by atoms with Gasteiger partial charge in [-0.2, -0.15) is 0 Å². The van der Waals surface area contributed by atoms with Crippen molar-refractivity contribution in [3.63, 3.8) is 0 Å². The molecular formula is C14H13FN2O4S. The number of nitrogens with one attached hydrogen (secondary N) is 1. The smallest absolute Gasteiger partial charge is 0.258 e. The Balaban J connectivity index is 2.24. The van der Waals surface area contributed by atoms with Crippen LogP contribution in [0, 0.1) is 22.9 Å². The van der Waals surface area contributed by atoms with Gasteiger partial charge in [0.05, 0.1) is 9.82 Å². The zero-order valence-electron chi connectivity index (χ0n) is 11.6. The van der Waals surface area contributed by atoms with Crippen molar-refractivity contribution in [1.29, 1.82) is 0 Å². The summed E-state index contributed by atoms with van der Waals surface area (Å²) in [6.07, 6.45) is 0. The summed E-state index contributed by atoms with van der Waals surface area (Å²) in [4.78, 5) is 10.0. The molecule has 0 amide bonds. The zero-order chi connectivity index (χ0) is 16.3. The molecule has 6 nitrogen and oxygen atoms in total. The maximum atomic E-state index is 13.0. The molecular weight excluding hydrogens is 311 g/mol. The number of hydrogen-bond donors (Lipinski definition) is 1. The molecule has 8 heteroatoms. The topological polar surface area (TPSA) is 89.3 Å². The van der Waals surface area contributed by atoms with E-state index in [9.17, 15) is 22.9 Å². The van der Waals surface area contributed by atoms with Gasteiger partial charge in [-0.15, -0.1) is 0 Å².